The molecule has 0 atom stereocenters. The second kappa shape index (κ2) is 6.01. The van der Waals surface area contributed by atoms with Crippen LogP contribution >= 0.6 is 22.6 Å². The number of para-hydroxylation sites is 1. The van der Waals surface area contributed by atoms with Crippen molar-refractivity contribution in [1.82, 2.24) is 9.97 Å². The average molecular weight is 393 g/mol. The van der Waals surface area contributed by atoms with Crippen molar-refractivity contribution in [2.75, 3.05) is 12.4 Å². The highest BCUT2D eigenvalue weighted by atomic mass is 127. The number of aromatic nitrogens is 2. The molecule has 0 unspecified atom stereocenters. The van der Waals surface area contributed by atoms with Gasteiger partial charge in [0.2, 0.25) is 0 Å². The number of aryl methyl sites for hydroxylation is 1. The van der Waals surface area contributed by atoms with E-state index in [1.807, 2.05) is 37.4 Å². The number of hydrogen-bond donors (Lipinski definition) is 1. The minimum atomic E-state index is 0.638. The number of furan rings is 1. The summed E-state index contributed by atoms with van der Waals surface area (Å²) >= 11 is 2.30. The van der Waals surface area contributed by atoms with Crippen molar-refractivity contribution in [3.05, 3.63) is 39.6 Å². The predicted molar refractivity (Wildman–Crippen MR) is 93.5 cm³/mol. The van der Waals surface area contributed by atoms with E-state index >= 15 is 0 Å². The maximum absolute atomic E-state index is 5.87. The molecule has 2 heterocycles. The van der Waals surface area contributed by atoms with Gasteiger partial charge in [-0.05, 0) is 41.1 Å². The lowest BCUT2D eigenvalue weighted by Crippen LogP contribution is -2.05. The molecule has 0 aliphatic rings. The van der Waals surface area contributed by atoms with Gasteiger partial charge in [0.15, 0.2) is 11.6 Å². The molecule has 4 nitrogen and oxygen atoms in total. The van der Waals surface area contributed by atoms with E-state index in [4.69, 9.17) is 4.42 Å². The Kier molecular flexibility index (Phi) is 4.10. The lowest BCUT2D eigenvalue weighted by atomic mass is 10.2. The quantitative estimate of drug-likeness (QED) is 0.664. The zero-order valence-electron chi connectivity index (χ0n) is 12.0. The van der Waals surface area contributed by atoms with Crippen molar-refractivity contribution in [3.63, 3.8) is 0 Å². The standard InChI is InChI=1S/C16H16IN3O/c1-3-6-11-14(17)16(18-2)20-15(19-11)13-9-10-7-4-5-8-12(10)21-13/h4-5,7-9H,3,6H2,1-2H3,(H,18,19,20). The Morgan fingerprint density at radius 2 is 2.05 bits per heavy atom. The second-order valence-electron chi connectivity index (χ2n) is 4.80. The van der Waals surface area contributed by atoms with Gasteiger partial charge in [-0.3, -0.25) is 0 Å². The Bertz CT molecular complexity index is 749. The van der Waals surface area contributed by atoms with Crippen LogP contribution in [0.4, 0.5) is 5.82 Å². The summed E-state index contributed by atoms with van der Waals surface area (Å²) in [4.78, 5) is 9.26. The van der Waals surface area contributed by atoms with Crippen molar-refractivity contribution >= 4 is 39.4 Å². The van der Waals surface area contributed by atoms with Crippen LogP contribution in [0.25, 0.3) is 22.6 Å². The molecule has 2 aromatic heterocycles. The van der Waals surface area contributed by atoms with E-state index in [9.17, 15) is 0 Å². The van der Waals surface area contributed by atoms with Crippen LogP contribution in [0.3, 0.4) is 0 Å². The molecule has 21 heavy (non-hydrogen) atoms. The third kappa shape index (κ3) is 2.74. The van der Waals surface area contributed by atoms with Crippen LogP contribution in [-0.4, -0.2) is 17.0 Å². The van der Waals surface area contributed by atoms with Crippen molar-refractivity contribution < 1.29 is 4.42 Å². The van der Waals surface area contributed by atoms with Gasteiger partial charge < -0.3 is 9.73 Å². The molecule has 0 amide bonds. The number of anilines is 1. The molecule has 0 radical (unpaired) electrons. The zero-order valence-corrected chi connectivity index (χ0v) is 14.1. The highest BCUT2D eigenvalue weighted by molar-refractivity contribution is 14.1. The Balaban J connectivity index is 2.14. The van der Waals surface area contributed by atoms with Gasteiger partial charge in [-0.2, -0.15) is 0 Å². The molecule has 0 aliphatic heterocycles. The molecule has 0 spiro atoms. The summed E-state index contributed by atoms with van der Waals surface area (Å²) in [6.45, 7) is 2.15. The second-order valence-corrected chi connectivity index (χ2v) is 5.88. The summed E-state index contributed by atoms with van der Waals surface area (Å²) in [5.41, 5.74) is 1.92. The van der Waals surface area contributed by atoms with E-state index in [1.165, 1.54) is 0 Å². The number of benzene rings is 1. The Labute approximate surface area is 137 Å². The first-order chi connectivity index (χ1) is 10.2. The van der Waals surface area contributed by atoms with Crippen LogP contribution in [0.2, 0.25) is 0 Å². The van der Waals surface area contributed by atoms with Gasteiger partial charge in [-0.25, -0.2) is 9.97 Å². The van der Waals surface area contributed by atoms with E-state index in [1.54, 1.807) is 0 Å². The van der Waals surface area contributed by atoms with E-state index < -0.39 is 0 Å². The molecule has 3 rings (SSSR count). The molecule has 5 heteroatoms. The molecule has 1 N–H and O–H groups in total. The fourth-order valence-corrected chi connectivity index (χ4v) is 3.04. The molecule has 0 aliphatic carbocycles. The average Bonchev–Trinajstić information content (AvgIpc) is 2.93. The molecule has 108 valence electrons. The lowest BCUT2D eigenvalue weighted by Gasteiger charge is -2.09. The third-order valence-electron chi connectivity index (χ3n) is 3.29. The van der Waals surface area contributed by atoms with E-state index in [2.05, 4.69) is 44.8 Å². The first kappa shape index (κ1) is 14.3. The van der Waals surface area contributed by atoms with Crippen molar-refractivity contribution in [2.45, 2.75) is 19.8 Å². The van der Waals surface area contributed by atoms with Gasteiger partial charge in [0.1, 0.15) is 11.4 Å². The minimum absolute atomic E-state index is 0.638. The van der Waals surface area contributed by atoms with E-state index in [-0.39, 0.29) is 0 Å². The molecular weight excluding hydrogens is 377 g/mol. The van der Waals surface area contributed by atoms with Crippen molar-refractivity contribution in [1.29, 1.82) is 0 Å². The van der Waals surface area contributed by atoms with E-state index in [0.717, 1.165) is 38.9 Å². The van der Waals surface area contributed by atoms with Crippen molar-refractivity contribution in [3.8, 4) is 11.6 Å². The largest absolute Gasteiger partial charge is 0.453 e. The zero-order chi connectivity index (χ0) is 14.8. The van der Waals surface area contributed by atoms with Crippen LogP contribution in [0.5, 0.6) is 0 Å². The molecule has 0 saturated heterocycles. The van der Waals surface area contributed by atoms with Crippen molar-refractivity contribution in [2.24, 2.45) is 0 Å². The van der Waals surface area contributed by atoms with Gasteiger partial charge in [-0.1, -0.05) is 31.5 Å². The van der Waals surface area contributed by atoms with Crippen LogP contribution < -0.4 is 5.32 Å². The monoisotopic (exact) mass is 393 g/mol. The lowest BCUT2D eigenvalue weighted by molar-refractivity contribution is 0.624. The molecule has 0 bridgehead atoms. The first-order valence-electron chi connectivity index (χ1n) is 6.96. The number of fused-ring (bicyclic) bond motifs is 1. The Hall–Kier alpha value is -1.63. The number of nitrogens with one attached hydrogen (secondary N) is 1. The molecule has 3 aromatic rings. The molecule has 0 saturated carbocycles. The van der Waals surface area contributed by atoms with Crippen LogP contribution in [0.15, 0.2) is 34.7 Å². The Morgan fingerprint density at radius 1 is 1.24 bits per heavy atom. The van der Waals surface area contributed by atoms with Gasteiger partial charge in [0, 0.05) is 12.4 Å². The van der Waals surface area contributed by atoms with Gasteiger partial charge in [-0.15, -0.1) is 0 Å². The smallest absolute Gasteiger partial charge is 0.197 e. The Morgan fingerprint density at radius 3 is 2.76 bits per heavy atom. The number of rotatable bonds is 4. The summed E-state index contributed by atoms with van der Waals surface area (Å²) in [7, 11) is 1.88. The number of hydrogen-bond acceptors (Lipinski definition) is 4. The van der Waals surface area contributed by atoms with Crippen LogP contribution in [-0.2, 0) is 6.42 Å². The third-order valence-corrected chi connectivity index (χ3v) is 4.42. The molecular formula is C16H16IN3O. The summed E-state index contributed by atoms with van der Waals surface area (Å²) in [6.07, 6.45) is 1.98. The van der Waals surface area contributed by atoms with Gasteiger partial charge >= 0.3 is 0 Å². The fourth-order valence-electron chi connectivity index (χ4n) is 2.26. The SMILES string of the molecule is CCCc1nc(-c2cc3ccccc3o2)nc(NC)c1I. The topological polar surface area (TPSA) is 51.0 Å². The van der Waals surface area contributed by atoms with Gasteiger partial charge in [0.05, 0.1) is 9.26 Å². The number of nitrogens with zero attached hydrogens (tertiary/aromatic N) is 2. The summed E-state index contributed by atoms with van der Waals surface area (Å²) in [6, 6.07) is 9.94. The van der Waals surface area contributed by atoms with Crippen LogP contribution in [0.1, 0.15) is 19.0 Å². The summed E-state index contributed by atoms with van der Waals surface area (Å²) < 4.78 is 6.95. The minimum Gasteiger partial charge on any atom is -0.453 e. The fraction of sp³-hybridized carbons (Fsp3) is 0.250. The van der Waals surface area contributed by atoms with E-state index in [0.29, 0.717) is 11.6 Å². The molecule has 1 aromatic carbocycles. The predicted octanol–water partition coefficient (Wildman–Crippen LogP) is 4.49. The highest BCUT2D eigenvalue weighted by Gasteiger charge is 2.15. The summed E-state index contributed by atoms with van der Waals surface area (Å²) in [5.74, 6) is 2.20. The number of halogens is 1. The first-order valence-corrected chi connectivity index (χ1v) is 8.04. The summed E-state index contributed by atoms with van der Waals surface area (Å²) in [5, 5.41) is 4.21. The highest BCUT2D eigenvalue weighted by Crippen LogP contribution is 2.28. The van der Waals surface area contributed by atoms with Gasteiger partial charge in [0.25, 0.3) is 0 Å². The maximum atomic E-state index is 5.87. The van der Waals surface area contributed by atoms with Crippen LogP contribution in [0, 0.1) is 3.57 Å². The normalized spacial score (nSPS) is 11.0. The molecule has 0 fully saturated rings. The maximum Gasteiger partial charge on any atom is 0.197 e.